The van der Waals surface area contributed by atoms with Gasteiger partial charge in [-0.2, -0.15) is 23.5 Å². The van der Waals surface area contributed by atoms with Crippen LogP contribution in [0.15, 0.2) is 0 Å². The Morgan fingerprint density at radius 2 is 2.38 bits per heavy atom. The maximum atomic E-state index is 3.65. The van der Waals surface area contributed by atoms with Crippen molar-refractivity contribution in [2.75, 3.05) is 30.9 Å². The van der Waals surface area contributed by atoms with E-state index in [2.05, 4.69) is 35.1 Å². The van der Waals surface area contributed by atoms with Crippen molar-refractivity contribution < 1.29 is 0 Å². The maximum Gasteiger partial charge on any atom is 0.0282 e. The predicted molar refractivity (Wildman–Crippen MR) is 63.8 cm³/mol. The Morgan fingerprint density at radius 1 is 1.54 bits per heavy atom. The summed E-state index contributed by atoms with van der Waals surface area (Å²) in [5.41, 5.74) is 0. The Balaban J connectivity index is 1.58. The molecule has 1 atom stereocenters. The summed E-state index contributed by atoms with van der Waals surface area (Å²) >= 11 is 4.17. The van der Waals surface area contributed by atoms with Crippen molar-refractivity contribution in [2.24, 2.45) is 5.92 Å². The summed E-state index contributed by atoms with van der Waals surface area (Å²) in [6.45, 7) is 2.50. The normalized spacial score (nSPS) is 30.7. The molecule has 2 fully saturated rings. The van der Waals surface area contributed by atoms with E-state index in [-0.39, 0.29) is 0 Å². The van der Waals surface area contributed by atoms with Crippen LogP contribution >= 0.6 is 23.5 Å². The smallest absolute Gasteiger partial charge is 0.0282 e. The van der Waals surface area contributed by atoms with E-state index in [0.717, 1.165) is 5.92 Å². The molecule has 0 spiro atoms. The van der Waals surface area contributed by atoms with E-state index in [1.165, 1.54) is 43.9 Å². The van der Waals surface area contributed by atoms with Gasteiger partial charge >= 0.3 is 0 Å². The molecule has 2 aliphatic rings. The van der Waals surface area contributed by atoms with E-state index in [4.69, 9.17) is 0 Å². The van der Waals surface area contributed by atoms with Gasteiger partial charge in [0, 0.05) is 11.3 Å². The van der Waals surface area contributed by atoms with Gasteiger partial charge in [0.25, 0.3) is 0 Å². The minimum absolute atomic E-state index is 0.645. The Morgan fingerprint density at radius 3 is 2.92 bits per heavy atom. The van der Waals surface area contributed by atoms with E-state index in [9.17, 15) is 0 Å². The fourth-order valence-electron chi connectivity index (χ4n) is 1.84. The van der Waals surface area contributed by atoms with E-state index in [0.29, 0.717) is 4.75 Å². The van der Waals surface area contributed by atoms with Crippen LogP contribution in [0, 0.1) is 5.92 Å². The van der Waals surface area contributed by atoms with Gasteiger partial charge in [-0.1, -0.05) is 0 Å². The largest absolute Gasteiger partial charge is 0.315 e. The molecular weight excluding hydrogens is 198 g/mol. The lowest BCUT2D eigenvalue weighted by Crippen LogP contribution is -2.30. The summed E-state index contributed by atoms with van der Waals surface area (Å²) in [4.78, 5) is 0. The third-order valence-electron chi connectivity index (χ3n) is 3.14. The molecule has 1 aliphatic heterocycles. The average Bonchev–Trinajstić information content (AvgIpc) is 2.74. The first-order valence-corrected chi connectivity index (χ1v) is 7.56. The predicted octanol–water partition coefficient (Wildman–Crippen LogP) is 2.22. The third-order valence-corrected chi connectivity index (χ3v) is 5.79. The highest BCUT2D eigenvalue weighted by molar-refractivity contribution is 8.00. The summed E-state index contributed by atoms with van der Waals surface area (Å²) in [7, 11) is 0. The van der Waals surface area contributed by atoms with E-state index < -0.39 is 0 Å². The molecule has 1 unspecified atom stereocenters. The zero-order chi connectivity index (χ0) is 9.15. The Kier molecular flexibility index (Phi) is 3.49. The molecule has 1 saturated heterocycles. The molecule has 0 amide bonds. The van der Waals surface area contributed by atoms with Crippen molar-refractivity contribution >= 4 is 23.5 Å². The van der Waals surface area contributed by atoms with Crippen LogP contribution in [-0.4, -0.2) is 35.6 Å². The minimum Gasteiger partial charge on any atom is -0.315 e. The van der Waals surface area contributed by atoms with Crippen molar-refractivity contribution in [3.63, 3.8) is 0 Å². The van der Waals surface area contributed by atoms with Gasteiger partial charge in [0.2, 0.25) is 0 Å². The number of nitrogens with one attached hydrogen (secondary N) is 1. The van der Waals surface area contributed by atoms with Gasteiger partial charge in [0.1, 0.15) is 0 Å². The van der Waals surface area contributed by atoms with Gasteiger partial charge in [-0.3, -0.25) is 0 Å². The highest BCUT2D eigenvalue weighted by Gasteiger charge is 2.41. The van der Waals surface area contributed by atoms with Crippen molar-refractivity contribution in [3.05, 3.63) is 0 Å². The Labute approximate surface area is 89.8 Å². The van der Waals surface area contributed by atoms with Crippen molar-refractivity contribution in [1.82, 2.24) is 5.32 Å². The van der Waals surface area contributed by atoms with Gasteiger partial charge in [-0.05, 0) is 49.5 Å². The quantitative estimate of drug-likeness (QED) is 0.758. The first-order valence-electron chi connectivity index (χ1n) is 5.18. The van der Waals surface area contributed by atoms with Gasteiger partial charge in [0.15, 0.2) is 0 Å². The average molecular weight is 217 g/mol. The van der Waals surface area contributed by atoms with Crippen molar-refractivity contribution in [2.45, 2.75) is 24.0 Å². The monoisotopic (exact) mass is 217 g/mol. The highest BCUT2D eigenvalue weighted by Crippen LogP contribution is 2.46. The molecule has 1 saturated carbocycles. The summed E-state index contributed by atoms with van der Waals surface area (Å²) < 4.78 is 0.645. The van der Waals surface area contributed by atoms with E-state index in [1.54, 1.807) is 0 Å². The molecule has 0 aromatic rings. The van der Waals surface area contributed by atoms with Crippen LogP contribution in [0.2, 0.25) is 0 Å². The molecule has 1 heterocycles. The fourth-order valence-corrected chi connectivity index (χ4v) is 3.88. The van der Waals surface area contributed by atoms with Crippen LogP contribution in [0.5, 0.6) is 0 Å². The van der Waals surface area contributed by atoms with Crippen LogP contribution in [-0.2, 0) is 0 Å². The molecule has 3 heteroatoms. The van der Waals surface area contributed by atoms with Crippen molar-refractivity contribution in [1.29, 1.82) is 0 Å². The second kappa shape index (κ2) is 4.45. The molecule has 1 aliphatic carbocycles. The fraction of sp³-hybridized carbons (Fsp3) is 1.00. The molecule has 13 heavy (non-hydrogen) atoms. The van der Waals surface area contributed by atoms with Crippen LogP contribution < -0.4 is 5.32 Å². The second-order valence-electron chi connectivity index (χ2n) is 4.25. The number of thioether (sulfide) groups is 2. The SMILES string of the molecule is CSC1(CNCC2CCSC2)CC1. The Bertz CT molecular complexity index is 162. The lowest BCUT2D eigenvalue weighted by Gasteiger charge is -2.15. The van der Waals surface area contributed by atoms with Crippen LogP contribution in [0.1, 0.15) is 19.3 Å². The van der Waals surface area contributed by atoms with Gasteiger partial charge in [-0.25, -0.2) is 0 Å². The molecule has 76 valence electrons. The molecular formula is C10H19NS2. The number of rotatable bonds is 5. The summed E-state index contributed by atoms with van der Waals surface area (Å²) in [6, 6.07) is 0. The molecule has 0 radical (unpaired) electrons. The number of hydrogen-bond acceptors (Lipinski definition) is 3. The van der Waals surface area contributed by atoms with Gasteiger partial charge in [-0.15, -0.1) is 0 Å². The minimum atomic E-state index is 0.645. The van der Waals surface area contributed by atoms with Gasteiger partial charge in [0.05, 0.1) is 0 Å². The lowest BCUT2D eigenvalue weighted by molar-refractivity contribution is 0.519. The molecule has 0 aromatic carbocycles. The molecule has 0 bridgehead atoms. The third kappa shape index (κ3) is 2.80. The lowest BCUT2D eigenvalue weighted by atomic mass is 10.1. The maximum absolute atomic E-state index is 3.65. The molecule has 1 nitrogen and oxygen atoms in total. The van der Waals surface area contributed by atoms with Crippen LogP contribution in [0.25, 0.3) is 0 Å². The first kappa shape index (κ1) is 10.2. The zero-order valence-corrected chi connectivity index (χ0v) is 9.98. The van der Waals surface area contributed by atoms with E-state index in [1.807, 2.05) is 0 Å². The standard InChI is InChI=1S/C10H19NS2/c1-12-10(3-4-10)8-11-6-9-2-5-13-7-9/h9,11H,2-8H2,1H3. The molecule has 2 rings (SSSR count). The molecule has 0 aromatic heterocycles. The zero-order valence-electron chi connectivity index (χ0n) is 8.34. The van der Waals surface area contributed by atoms with Crippen LogP contribution in [0.3, 0.4) is 0 Å². The molecule has 1 N–H and O–H groups in total. The summed E-state index contributed by atoms with van der Waals surface area (Å²) in [5, 5.41) is 3.65. The summed E-state index contributed by atoms with van der Waals surface area (Å²) in [5.74, 6) is 3.74. The van der Waals surface area contributed by atoms with Crippen LogP contribution in [0.4, 0.5) is 0 Å². The van der Waals surface area contributed by atoms with E-state index >= 15 is 0 Å². The van der Waals surface area contributed by atoms with Gasteiger partial charge < -0.3 is 5.32 Å². The number of hydrogen-bond donors (Lipinski definition) is 1. The summed E-state index contributed by atoms with van der Waals surface area (Å²) in [6.07, 6.45) is 6.55. The van der Waals surface area contributed by atoms with Crippen molar-refractivity contribution in [3.8, 4) is 0 Å². The second-order valence-corrected chi connectivity index (χ2v) is 6.67. The topological polar surface area (TPSA) is 12.0 Å². The first-order chi connectivity index (χ1) is 6.35. The highest BCUT2D eigenvalue weighted by atomic mass is 32.2. The Hall–Kier alpha value is 0.660.